The Morgan fingerprint density at radius 2 is 0.981 bits per heavy atom. The smallest absolute Gasteiger partial charge is 0.238 e. The molecule has 0 unspecified atom stereocenters. The molecule has 0 atom stereocenters. The van der Waals surface area contributed by atoms with Gasteiger partial charge in [0.05, 0.1) is 22.1 Å². The van der Waals surface area contributed by atoms with Gasteiger partial charge >= 0.3 is 0 Å². The number of rotatable bonds is 6. The van der Waals surface area contributed by atoms with Crippen LogP contribution in [-0.2, 0) is 0 Å². The molecule has 0 aliphatic heterocycles. The molecule has 10 aromatic rings. The molecule has 0 N–H and O–H groups in total. The monoisotopic (exact) mass is 667 g/mol. The Morgan fingerprint density at radius 1 is 0.385 bits per heavy atom. The second kappa shape index (κ2) is 12.3. The van der Waals surface area contributed by atoms with Gasteiger partial charge in [0.1, 0.15) is 5.69 Å². The number of hydrogen-bond acceptors (Lipinski definition) is 5. The first-order chi connectivity index (χ1) is 25.8. The van der Waals surface area contributed by atoms with Gasteiger partial charge in [-0.05, 0) is 54.1 Å². The lowest BCUT2D eigenvalue weighted by molar-refractivity contribution is 0.953. The molecule has 0 saturated carbocycles. The van der Waals surface area contributed by atoms with Gasteiger partial charge in [-0.15, -0.1) is 0 Å². The van der Waals surface area contributed by atoms with E-state index in [-0.39, 0.29) is 0 Å². The molecule has 0 aliphatic carbocycles. The van der Waals surface area contributed by atoms with Crippen molar-refractivity contribution in [1.29, 1.82) is 0 Å². The van der Waals surface area contributed by atoms with E-state index in [1.54, 1.807) is 0 Å². The summed E-state index contributed by atoms with van der Waals surface area (Å²) in [4.78, 5) is 25.0. The van der Waals surface area contributed by atoms with Crippen LogP contribution in [0.2, 0.25) is 0 Å². The number of benzene rings is 6. The summed E-state index contributed by atoms with van der Waals surface area (Å²) in [6, 6.07) is 57.8. The van der Waals surface area contributed by atoms with E-state index in [0.717, 1.165) is 72.3 Å². The lowest BCUT2D eigenvalue weighted by Gasteiger charge is -2.11. The summed E-state index contributed by atoms with van der Waals surface area (Å²) in [7, 11) is 0. The van der Waals surface area contributed by atoms with Crippen LogP contribution in [0.4, 0.5) is 0 Å². The highest BCUT2D eigenvalue weighted by atomic mass is 15.2. The number of pyridine rings is 1. The van der Waals surface area contributed by atoms with Crippen LogP contribution in [0.3, 0.4) is 0 Å². The number of fused-ring (bicyclic) bond motifs is 4. The van der Waals surface area contributed by atoms with Crippen LogP contribution in [0.25, 0.3) is 89.9 Å². The molecule has 0 amide bonds. The Hall–Kier alpha value is -7.25. The first-order valence-electron chi connectivity index (χ1n) is 17.2. The number of aromatic nitrogens is 7. The molecule has 0 fully saturated rings. The lowest BCUT2D eigenvalue weighted by atomic mass is 10.0. The first-order valence-corrected chi connectivity index (χ1v) is 17.2. The molecule has 7 nitrogen and oxygen atoms in total. The fraction of sp³-hybridized carbons (Fsp3) is 0. The summed E-state index contributed by atoms with van der Waals surface area (Å²) < 4.78 is 4.32. The van der Waals surface area contributed by atoms with Gasteiger partial charge in [0.15, 0.2) is 17.5 Å². The van der Waals surface area contributed by atoms with Crippen molar-refractivity contribution in [1.82, 2.24) is 34.1 Å². The highest BCUT2D eigenvalue weighted by molar-refractivity contribution is 6.10. The van der Waals surface area contributed by atoms with Gasteiger partial charge < -0.3 is 0 Å². The van der Waals surface area contributed by atoms with E-state index in [0.29, 0.717) is 17.6 Å². The third-order valence-corrected chi connectivity index (χ3v) is 9.46. The molecule has 0 aliphatic rings. The van der Waals surface area contributed by atoms with Gasteiger partial charge in [0.25, 0.3) is 0 Å². The van der Waals surface area contributed by atoms with Gasteiger partial charge in [-0.1, -0.05) is 121 Å². The number of imidazole rings is 1. The Morgan fingerprint density at radius 3 is 1.67 bits per heavy atom. The van der Waals surface area contributed by atoms with Crippen molar-refractivity contribution in [2.24, 2.45) is 0 Å². The standard InChI is InChI=1S/C45H29N7/c1-4-14-30(15-5-1)42-48-43(31-16-6-2-7-17-31)50-45(49-42)52-39-22-12-10-20-35(39)36-28-32(25-27-40(36)52)33-24-26-38(46-29-33)44-47-37-21-11-13-23-41(37)51(44)34-18-8-3-9-19-34/h1-29H. The number of para-hydroxylation sites is 4. The summed E-state index contributed by atoms with van der Waals surface area (Å²) in [6.45, 7) is 0. The molecule has 0 bridgehead atoms. The van der Waals surface area contributed by atoms with E-state index in [1.807, 2.05) is 103 Å². The minimum absolute atomic E-state index is 0.569. The molecular formula is C45H29N7. The molecule has 6 aromatic carbocycles. The summed E-state index contributed by atoms with van der Waals surface area (Å²) in [5.74, 6) is 2.62. The summed E-state index contributed by atoms with van der Waals surface area (Å²) in [5, 5.41) is 2.22. The molecular weight excluding hydrogens is 639 g/mol. The van der Waals surface area contributed by atoms with Crippen LogP contribution < -0.4 is 0 Å². The molecule has 10 rings (SSSR count). The van der Waals surface area contributed by atoms with E-state index in [4.69, 9.17) is 24.9 Å². The Bertz CT molecular complexity index is 2820. The normalized spacial score (nSPS) is 11.5. The zero-order valence-electron chi connectivity index (χ0n) is 27.9. The van der Waals surface area contributed by atoms with Gasteiger partial charge in [-0.2, -0.15) is 9.97 Å². The minimum atomic E-state index is 0.569. The van der Waals surface area contributed by atoms with Gasteiger partial charge in [-0.25, -0.2) is 9.97 Å². The first kappa shape index (κ1) is 29.6. The maximum absolute atomic E-state index is 5.06. The SMILES string of the molecule is c1ccc(-c2nc(-c3ccccc3)nc(-n3c4ccccc4c4cc(-c5ccc(-c6nc7ccccc7n6-c6ccccc6)nc5)ccc43)n2)cc1. The lowest BCUT2D eigenvalue weighted by Crippen LogP contribution is -2.06. The number of hydrogen-bond donors (Lipinski definition) is 0. The summed E-state index contributed by atoms with van der Waals surface area (Å²) >= 11 is 0. The van der Waals surface area contributed by atoms with Crippen LogP contribution >= 0.6 is 0 Å². The molecule has 0 spiro atoms. The third kappa shape index (κ3) is 5.03. The highest BCUT2D eigenvalue weighted by Gasteiger charge is 2.19. The molecule has 4 aromatic heterocycles. The minimum Gasteiger partial charge on any atom is -0.291 e. The van der Waals surface area contributed by atoms with Crippen LogP contribution in [0.15, 0.2) is 176 Å². The van der Waals surface area contributed by atoms with Crippen molar-refractivity contribution < 1.29 is 0 Å². The predicted octanol–water partition coefficient (Wildman–Crippen LogP) is 10.4. The zero-order valence-corrected chi connectivity index (χ0v) is 27.9. The van der Waals surface area contributed by atoms with E-state index in [2.05, 4.69) is 81.9 Å². The molecule has 4 heterocycles. The summed E-state index contributed by atoms with van der Waals surface area (Å²) in [6.07, 6.45) is 1.94. The second-order valence-corrected chi connectivity index (χ2v) is 12.6. The van der Waals surface area contributed by atoms with Crippen LogP contribution in [0, 0.1) is 0 Å². The summed E-state index contributed by atoms with van der Waals surface area (Å²) in [5.41, 5.74) is 9.80. The van der Waals surface area contributed by atoms with Gasteiger partial charge in [-0.3, -0.25) is 14.1 Å². The Balaban J connectivity index is 1.10. The van der Waals surface area contributed by atoms with Crippen LogP contribution in [0.5, 0.6) is 0 Å². The van der Waals surface area contributed by atoms with Crippen molar-refractivity contribution in [3.8, 4) is 57.1 Å². The number of nitrogens with zero attached hydrogens (tertiary/aromatic N) is 7. The van der Waals surface area contributed by atoms with E-state index in [9.17, 15) is 0 Å². The Kier molecular flexibility index (Phi) is 6.99. The zero-order chi connectivity index (χ0) is 34.4. The topological polar surface area (TPSA) is 74.3 Å². The largest absolute Gasteiger partial charge is 0.291 e. The molecule has 7 heteroatoms. The van der Waals surface area contributed by atoms with Crippen molar-refractivity contribution in [3.63, 3.8) is 0 Å². The van der Waals surface area contributed by atoms with Gasteiger partial charge in [0, 0.05) is 39.3 Å². The molecule has 0 radical (unpaired) electrons. The van der Waals surface area contributed by atoms with E-state index < -0.39 is 0 Å². The van der Waals surface area contributed by atoms with Crippen molar-refractivity contribution >= 4 is 32.8 Å². The van der Waals surface area contributed by atoms with Crippen LogP contribution in [0.1, 0.15) is 0 Å². The average Bonchev–Trinajstić information content (AvgIpc) is 3.78. The van der Waals surface area contributed by atoms with E-state index >= 15 is 0 Å². The maximum atomic E-state index is 5.06. The van der Waals surface area contributed by atoms with E-state index in [1.165, 1.54) is 0 Å². The predicted molar refractivity (Wildman–Crippen MR) is 208 cm³/mol. The van der Waals surface area contributed by atoms with Crippen LogP contribution in [-0.4, -0.2) is 34.1 Å². The average molecular weight is 668 g/mol. The van der Waals surface area contributed by atoms with Crippen molar-refractivity contribution in [2.45, 2.75) is 0 Å². The third-order valence-electron chi connectivity index (χ3n) is 9.46. The fourth-order valence-corrected chi connectivity index (χ4v) is 7.00. The maximum Gasteiger partial charge on any atom is 0.238 e. The van der Waals surface area contributed by atoms with Crippen molar-refractivity contribution in [3.05, 3.63) is 176 Å². The molecule has 52 heavy (non-hydrogen) atoms. The highest BCUT2D eigenvalue weighted by Crippen LogP contribution is 2.36. The quantitative estimate of drug-likeness (QED) is 0.176. The molecule has 0 saturated heterocycles. The second-order valence-electron chi connectivity index (χ2n) is 12.6. The molecule has 244 valence electrons. The Labute approximate surface area is 299 Å². The van der Waals surface area contributed by atoms with Gasteiger partial charge in [0.2, 0.25) is 5.95 Å². The fourth-order valence-electron chi connectivity index (χ4n) is 7.00. The van der Waals surface area contributed by atoms with Crippen molar-refractivity contribution in [2.75, 3.05) is 0 Å².